The fourth-order valence-electron chi connectivity index (χ4n) is 3.27. The first kappa shape index (κ1) is 15.6. The number of rotatable bonds is 3. The van der Waals surface area contributed by atoms with Gasteiger partial charge in [0.05, 0.1) is 0 Å². The zero-order valence-electron chi connectivity index (χ0n) is 13.6. The van der Waals surface area contributed by atoms with Crippen LogP contribution in [-0.2, 0) is 10.7 Å². The highest BCUT2D eigenvalue weighted by Gasteiger charge is 2.48. The van der Waals surface area contributed by atoms with Crippen molar-refractivity contribution in [2.75, 3.05) is 0 Å². The second kappa shape index (κ2) is 5.84. The quantitative estimate of drug-likeness (QED) is 0.441. The summed E-state index contributed by atoms with van der Waals surface area (Å²) in [6, 6.07) is 21.5. The van der Waals surface area contributed by atoms with Crippen LogP contribution in [0.4, 0.5) is 0 Å². The highest BCUT2D eigenvalue weighted by atomic mass is 17.1. The number of carbonyl (C=O) groups excluding carboxylic acids is 1. The third kappa shape index (κ3) is 2.35. The Morgan fingerprint density at radius 1 is 0.840 bits per heavy atom. The van der Waals surface area contributed by atoms with Crippen LogP contribution in [0.1, 0.15) is 32.6 Å². The van der Waals surface area contributed by atoms with E-state index >= 15 is 0 Å². The topological polar surface area (TPSA) is 55.8 Å². The molecule has 4 nitrogen and oxygen atoms in total. The van der Waals surface area contributed by atoms with Crippen LogP contribution in [0.25, 0.3) is 0 Å². The van der Waals surface area contributed by atoms with Gasteiger partial charge in [-0.05, 0) is 25.1 Å². The Kier molecular flexibility index (Phi) is 3.64. The van der Waals surface area contributed by atoms with Crippen LogP contribution in [0, 0.1) is 6.92 Å². The molecule has 0 radical (unpaired) electrons. The van der Waals surface area contributed by atoms with E-state index in [1.165, 1.54) is 0 Å². The summed E-state index contributed by atoms with van der Waals surface area (Å²) < 4.78 is 6.11. The molecule has 0 saturated carbocycles. The van der Waals surface area contributed by atoms with E-state index in [2.05, 4.69) is 0 Å². The van der Waals surface area contributed by atoms with Crippen molar-refractivity contribution in [3.8, 4) is 5.75 Å². The largest absolute Gasteiger partial charge is 0.451 e. The second-order valence-electron chi connectivity index (χ2n) is 6.05. The molecular formula is C21H16O4. The first-order valence-corrected chi connectivity index (χ1v) is 7.98. The van der Waals surface area contributed by atoms with E-state index in [1.54, 1.807) is 48.5 Å². The smallest absolute Gasteiger partial charge is 0.294 e. The van der Waals surface area contributed by atoms with Gasteiger partial charge in [0.15, 0.2) is 5.78 Å². The zero-order valence-corrected chi connectivity index (χ0v) is 13.6. The number of benzene rings is 3. The van der Waals surface area contributed by atoms with Crippen molar-refractivity contribution in [3.05, 3.63) is 101 Å². The molecule has 4 heteroatoms. The summed E-state index contributed by atoms with van der Waals surface area (Å²) in [5.74, 6) is -1.19. The van der Waals surface area contributed by atoms with Gasteiger partial charge < -0.3 is 4.74 Å². The molecule has 3 aromatic rings. The molecule has 0 aliphatic heterocycles. The monoisotopic (exact) mass is 332 g/mol. The number of ketones is 1. The first-order valence-electron chi connectivity index (χ1n) is 7.98. The van der Waals surface area contributed by atoms with Crippen molar-refractivity contribution < 1.29 is 19.7 Å². The molecule has 1 N–H and O–H groups in total. The number of carbonyl (C=O) groups is 1. The fraction of sp³-hybridized carbons (Fsp3) is 0.0952. The maximum atomic E-state index is 12.9. The lowest BCUT2D eigenvalue weighted by Crippen LogP contribution is -2.42. The number of ether oxygens (including phenoxy) is 1. The van der Waals surface area contributed by atoms with Gasteiger partial charge in [-0.2, -0.15) is 4.89 Å². The Morgan fingerprint density at radius 2 is 1.52 bits per heavy atom. The maximum Gasteiger partial charge on any atom is 0.294 e. The van der Waals surface area contributed by atoms with Crippen LogP contribution >= 0.6 is 0 Å². The van der Waals surface area contributed by atoms with Gasteiger partial charge in [-0.15, -0.1) is 0 Å². The Hall–Kier alpha value is -2.95. The number of hydrogen-bond acceptors (Lipinski definition) is 4. The molecule has 0 saturated heterocycles. The molecule has 0 fully saturated rings. The summed E-state index contributed by atoms with van der Waals surface area (Å²) >= 11 is 0. The molecule has 0 spiro atoms. The molecule has 0 heterocycles. The van der Waals surface area contributed by atoms with Gasteiger partial charge in [-0.1, -0.05) is 60.2 Å². The van der Waals surface area contributed by atoms with Crippen LogP contribution < -0.4 is 4.74 Å². The summed E-state index contributed by atoms with van der Waals surface area (Å²) in [6.45, 7) is 1.91. The van der Waals surface area contributed by atoms with Crippen LogP contribution in [0.3, 0.4) is 0 Å². The van der Waals surface area contributed by atoms with E-state index in [9.17, 15) is 10.1 Å². The molecule has 25 heavy (non-hydrogen) atoms. The lowest BCUT2D eigenvalue weighted by molar-refractivity contribution is -0.373. The van der Waals surface area contributed by atoms with Crippen molar-refractivity contribution in [2.24, 2.45) is 0 Å². The predicted octanol–water partition coefficient (Wildman–Crippen LogP) is 4.31. The number of fused-ring (bicyclic) bond motifs is 2. The molecule has 4 rings (SSSR count). The number of aryl methyl sites for hydroxylation is 1. The molecule has 1 aliphatic rings. The summed E-state index contributed by atoms with van der Waals surface area (Å²) in [5.41, 5.74) is 2.81. The Morgan fingerprint density at radius 3 is 2.28 bits per heavy atom. The summed E-state index contributed by atoms with van der Waals surface area (Å²) in [5, 5.41) is 9.92. The Balaban J connectivity index is 2.00. The molecule has 0 aromatic heterocycles. The van der Waals surface area contributed by atoms with Gasteiger partial charge in [0, 0.05) is 22.3 Å². The van der Waals surface area contributed by atoms with Crippen LogP contribution in [0.15, 0.2) is 72.8 Å². The molecule has 1 atom stereocenters. The maximum absolute atomic E-state index is 12.9. The normalized spacial score (nSPS) is 18.4. The Labute approximate surface area is 145 Å². The van der Waals surface area contributed by atoms with Crippen LogP contribution in [0.5, 0.6) is 5.75 Å². The molecule has 124 valence electrons. The molecule has 0 amide bonds. The highest BCUT2D eigenvalue weighted by Crippen LogP contribution is 2.43. The molecule has 1 unspecified atom stereocenters. The predicted molar refractivity (Wildman–Crippen MR) is 92.6 cm³/mol. The van der Waals surface area contributed by atoms with Crippen LogP contribution in [-0.4, -0.2) is 11.0 Å². The van der Waals surface area contributed by atoms with E-state index < -0.39 is 5.79 Å². The van der Waals surface area contributed by atoms with Gasteiger partial charge in [-0.25, -0.2) is 5.26 Å². The van der Waals surface area contributed by atoms with Gasteiger partial charge >= 0.3 is 0 Å². The third-order valence-electron chi connectivity index (χ3n) is 4.43. The third-order valence-corrected chi connectivity index (χ3v) is 4.43. The summed E-state index contributed by atoms with van der Waals surface area (Å²) in [6.07, 6.45) is 0. The van der Waals surface area contributed by atoms with E-state index in [0.717, 1.165) is 5.56 Å². The minimum atomic E-state index is -1.60. The van der Waals surface area contributed by atoms with E-state index in [0.29, 0.717) is 28.0 Å². The fourth-order valence-corrected chi connectivity index (χ4v) is 3.27. The van der Waals surface area contributed by atoms with E-state index in [-0.39, 0.29) is 5.78 Å². The highest BCUT2D eigenvalue weighted by molar-refractivity contribution is 6.13. The zero-order chi connectivity index (χ0) is 17.4. The number of para-hydroxylation sites is 1. The second-order valence-corrected chi connectivity index (χ2v) is 6.05. The first-order chi connectivity index (χ1) is 12.2. The van der Waals surface area contributed by atoms with E-state index in [1.807, 2.05) is 31.2 Å². The average Bonchev–Trinajstić information content (AvgIpc) is 2.66. The summed E-state index contributed by atoms with van der Waals surface area (Å²) in [7, 11) is 0. The molecule has 1 aliphatic carbocycles. The van der Waals surface area contributed by atoms with Gasteiger partial charge in [-0.3, -0.25) is 4.79 Å². The van der Waals surface area contributed by atoms with Crippen molar-refractivity contribution >= 4 is 5.78 Å². The van der Waals surface area contributed by atoms with Crippen molar-refractivity contribution in [2.45, 2.75) is 12.7 Å². The molecular weight excluding hydrogens is 316 g/mol. The van der Waals surface area contributed by atoms with Crippen LogP contribution in [0.2, 0.25) is 0 Å². The standard InChI is InChI=1S/C21H16O4/c1-14-11-12-19-17(13-14)20(22)16-9-5-6-10-18(16)21(19,25-23)24-15-7-3-2-4-8-15/h2-13,23H,1H3. The van der Waals surface area contributed by atoms with Gasteiger partial charge in [0.25, 0.3) is 5.79 Å². The minimum absolute atomic E-state index is 0.112. The minimum Gasteiger partial charge on any atom is -0.451 e. The summed E-state index contributed by atoms with van der Waals surface area (Å²) in [4.78, 5) is 17.9. The van der Waals surface area contributed by atoms with Crippen molar-refractivity contribution in [1.29, 1.82) is 0 Å². The molecule has 3 aromatic carbocycles. The van der Waals surface area contributed by atoms with E-state index in [4.69, 9.17) is 9.62 Å². The number of hydrogen-bond donors (Lipinski definition) is 1. The van der Waals surface area contributed by atoms with Gasteiger partial charge in [0.2, 0.25) is 0 Å². The van der Waals surface area contributed by atoms with Crippen molar-refractivity contribution in [1.82, 2.24) is 0 Å². The van der Waals surface area contributed by atoms with Gasteiger partial charge in [0.1, 0.15) is 5.75 Å². The lowest BCUT2D eigenvalue weighted by Gasteiger charge is -2.37. The SMILES string of the molecule is Cc1ccc2c(c1)C(=O)c1ccccc1C2(OO)Oc1ccccc1. The lowest BCUT2D eigenvalue weighted by atomic mass is 9.80. The average molecular weight is 332 g/mol. The van der Waals surface area contributed by atoms with Crippen molar-refractivity contribution in [3.63, 3.8) is 0 Å². The Bertz CT molecular complexity index is 949. The molecule has 0 bridgehead atoms.